The van der Waals surface area contributed by atoms with Gasteiger partial charge in [-0.05, 0) is 30.2 Å². The molecule has 3 rings (SSSR count). The van der Waals surface area contributed by atoms with Crippen LogP contribution >= 0.6 is 0 Å². The number of carbonyl (C=O) groups is 2. The highest BCUT2D eigenvalue weighted by molar-refractivity contribution is 5.98. The number of carbonyl (C=O) groups excluding carboxylic acids is 2. The second kappa shape index (κ2) is 7.86. The van der Waals surface area contributed by atoms with Crippen LogP contribution < -0.4 is 5.56 Å². The lowest BCUT2D eigenvalue weighted by Gasteiger charge is -2.13. The Labute approximate surface area is 155 Å². The average molecular weight is 365 g/mol. The minimum Gasteiger partial charge on any atom is -0.465 e. The number of benzene rings is 2. The van der Waals surface area contributed by atoms with Crippen LogP contribution in [0, 0.1) is 0 Å². The number of esters is 2. The number of methoxy groups -OCH3 is 1. The number of aromatic amines is 1. The molecule has 0 amide bonds. The summed E-state index contributed by atoms with van der Waals surface area (Å²) in [5, 5.41) is 0.722. The minimum absolute atomic E-state index is 0.0461. The quantitative estimate of drug-likeness (QED) is 0.702. The normalized spacial score (nSPS) is 10.6. The zero-order chi connectivity index (χ0) is 19.4. The Kier molecular flexibility index (Phi) is 5.35. The predicted octanol–water partition coefficient (Wildman–Crippen LogP) is 3.08. The molecule has 0 saturated carbocycles. The van der Waals surface area contributed by atoms with E-state index in [2.05, 4.69) is 4.98 Å². The first kappa shape index (κ1) is 18.4. The highest BCUT2D eigenvalue weighted by Crippen LogP contribution is 2.24. The highest BCUT2D eigenvalue weighted by atomic mass is 16.5. The molecule has 138 valence electrons. The van der Waals surface area contributed by atoms with E-state index in [-0.39, 0.29) is 18.6 Å². The largest absolute Gasteiger partial charge is 0.465 e. The van der Waals surface area contributed by atoms with Gasteiger partial charge in [0.05, 0.1) is 19.3 Å². The first-order valence-corrected chi connectivity index (χ1v) is 8.54. The number of fused-ring (bicyclic) bond motifs is 1. The van der Waals surface area contributed by atoms with Crippen LogP contribution in [0.4, 0.5) is 0 Å². The summed E-state index contributed by atoms with van der Waals surface area (Å²) in [4.78, 5) is 39.9. The van der Waals surface area contributed by atoms with E-state index in [9.17, 15) is 14.4 Å². The number of rotatable bonds is 5. The van der Waals surface area contributed by atoms with Crippen LogP contribution in [-0.2, 0) is 15.9 Å². The van der Waals surface area contributed by atoms with Crippen molar-refractivity contribution < 1.29 is 19.1 Å². The Balaban J connectivity index is 2.24. The molecule has 1 aromatic heterocycles. The van der Waals surface area contributed by atoms with Crippen molar-refractivity contribution in [2.75, 3.05) is 13.7 Å². The summed E-state index contributed by atoms with van der Waals surface area (Å²) in [6.07, 6.45) is 0.212. The van der Waals surface area contributed by atoms with Crippen LogP contribution in [0.25, 0.3) is 10.9 Å². The van der Waals surface area contributed by atoms with Gasteiger partial charge in [0.25, 0.3) is 5.56 Å². The molecule has 0 spiro atoms. The van der Waals surface area contributed by atoms with Gasteiger partial charge >= 0.3 is 11.9 Å². The van der Waals surface area contributed by atoms with Crippen LogP contribution in [0.1, 0.15) is 38.8 Å². The van der Waals surface area contributed by atoms with Crippen molar-refractivity contribution >= 4 is 22.8 Å². The Bertz CT molecular complexity index is 1070. The third-order valence-corrected chi connectivity index (χ3v) is 4.30. The van der Waals surface area contributed by atoms with Crippen LogP contribution in [0.3, 0.4) is 0 Å². The number of pyridine rings is 1. The second-order valence-electron chi connectivity index (χ2n) is 5.90. The summed E-state index contributed by atoms with van der Waals surface area (Å²) >= 11 is 0. The summed E-state index contributed by atoms with van der Waals surface area (Å²) in [6.45, 7) is 1.84. The number of H-pyrrole nitrogens is 1. The molecule has 27 heavy (non-hydrogen) atoms. The number of ether oxygens (including phenoxy) is 2. The third kappa shape index (κ3) is 3.60. The van der Waals surface area contributed by atoms with E-state index >= 15 is 0 Å². The molecule has 1 heterocycles. The van der Waals surface area contributed by atoms with Gasteiger partial charge in [-0.3, -0.25) is 4.79 Å². The molecule has 0 atom stereocenters. The Morgan fingerprint density at radius 1 is 1.00 bits per heavy atom. The molecule has 0 bridgehead atoms. The summed E-state index contributed by atoms with van der Waals surface area (Å²) in [5.41, 5.74) is 1.61. The number of hydrogen-bond acceptors (Lipinski definition) is 5. The van der Waals surface area contributed by atoms with E-state index in [0.29, 0.717) is 22.2 Å². The van der Waals surface area contributed by atoms with Crippen LogP contribution in [-0.4, -0.2) is 30.6 Å². The van der Waals surface area contributed by atoms with E-state index in [1.54, 1.807) is 43.3 Å². The molecule has 3 aromatic rings. The van der Waals surface area contributed by atoms with E-state index in [4.69, 9.17) is 9.47 Å². The van der Waals surface area contributed by atoms with E-state index in [0.717, 1.165) is 5.39 Å². The topological polar surface area (TPSA) is 85.5 Å². The Morgan fingerprint density at radius 2 is 1.70 bits per heavy atom. The van der Waals surface area contributed by atoms with Gasteiger partial charge in [0.2, 0.25) is 0 Å². The van der Waals surface area contributed by atoms with Gasteiger partial charge in [0, 0.05) is 17.3 Å². The first-order valence-electron chi connectivity index (χ1n) is 8.54. The van der Waals surface area contributed by atoms with Gasteiger partial charge in [-0.15, -0.1) is 0 Å². The van der Waals surface area contributed by atoms with Crippen molar-refractivity contribution in [1.29, 1.82) is 0 Å². The fourth-order valence-electron chi connectivity index (χ4n) is 3.09. The lowest BCUT2D eigenvalue weighted by molar-refractivity contribution is 0.0522. The van der Waals surface area contributed by atoms with Crippen molar-refractivity contribution in [3.8, 4) is 0 Å². The van der Waals surface area contributed by atoms with Crippen molar-refractivity contribution in [3.05, 3.63) is 81.1 Å². The van der Waals surface area contributed by atoms with Crippen molar-refractivity contribution in [2.24, 2.45) is 0 Å². The van der Waals surface area contributed by atoms with Crippen LogP contribution in [0.15, 0.2) is 53.3 Å². The molecule has 6 heteroatoms. The van der Waals surface area contributed by atoms with Gasteiger partial charge in [0.1, 0.15) is 5.56 Å². The number of para-hydroxylation sites is 1. The zero-order valence-corrected chi connectivity index (χ0v) is 15.1. The minimum atomic E-state index is -0.685. The standard InChI is InChI=1S/C21H19NO5/c1-3-27-21(25)18-16(15-10-6-7-11-17(15)22-19(18)23)12-13-8-4-5-9-14(13)20(24)26-2/h4-11H,3,12H2,1-2H3,(H,22,23). The van der Waals surface area contributed by atoms with Crippen molar-refractivity contribution in [1.82, 2.24) is 4.98 Å². The molecule has 0 unspecified atom stereocenters. The first-order chi connectivity index (χ1) is 13.1. The highest BCUT2D eigenvalue weighted by Gasteiger charge is 2.22. The fourth-order valence-corrected chi connectivity index (χ4v) is 3.09. The zero-order valence-electron chi connectivity index (χ0n) is 15.1. The molecule has 1 N–H and O–H groups in total. The Morgan fingerprint density at radius 3 is 2.44 bits per heavy atom. The number of hydrogen-bond donors (Lipinski definition) is 1. The lowest BCUT2D eigenvalue weighted by atomic mass is 9.94. The molecule has 0 aliphatic carbocycles. The lowest BCUT2D eigenvalue weighted by Crippen LogP contribution is -2.23. The summed E-state index contributed by atoms with van der Waals surface area (Å²) in [7, 11) is 1.31. The van der Waals surface area contributed by atoms with Crippen LogP contribution in [0.2, 0.25) is 0 Å². The molecular weight excluding hydrogens is 346 g/mol. The molecule has 2 aromatic carbocycles. The average Bonchev–Trinajstić information content (AvgIpc) is 2.68. The maximum atomic E-state index is 12.6. The molecule has 0 saturated heterocycles. The molecule has 6 nitrogen and oxygen atoms in total. The van der Waals surface area contributed by atoms with Crippen molar-refractivity contribution in [3.63, 3.8) is 0 Å². The third-order valence-electron chi connectivity index (χ3n) is 4.30. The number of nitrogens with one attached hydrogen (secondary N) is 1. The van der Waals surface area contributed by atoms with Gasteiger partial charge in [-0.1, -0.05) is 36.4 Å². The van der Waals surface area contributed by atoms with E-state index in [1.165, 1.54) is 7.11 Å². The summed E-state index contributed by atoms with van der Waals surface area (Å²) < 4.78 is 9.93. The maximum Gasteiger partial charge on any atom is 0.344 e. The van der Waals surface area contributed by atoms with Crippen LogP contribution in [0.5, 0.6) is 0 Å². The van der Waals surface area contributed by atoms with Crippen molar-refractivity contribution in [2.45, 2.75) is 13.3 Å². The molecule has 0 aliphatic heterocycles. The monoisotopic (exact) mass is 365 g/mol. The predicted molar refractivity (Wildman–Crippen MR) is 101 cm³/mol. The Hall–Kier alpha value is -3.41. The fraction of sp³-hybridized carbons (Fsp3) is 0.190. The van der Waals surface area contributed by atoms with Gasteiger partial charge in [0.15, 0.2) is 0 Å². The molecule has 0 aliphatic rings. The van der Waals surface area contributed by atoms with E-state index in [1.807, 2.05) is 12.1 Å². The van der Waals surface area contributed by atoms with Gasteiger partial charge < -0.3 is 14.5 Å². The smallest absolute Gasteiger partial charge is 0.344 e. The van der Waals surface area contributed by atoms with E-state index < -0.39 is 17.5 Å². The summed E-state index contributed by atoms with van der Waals surface area (Å²) in [5.74, 6) is -1.16. The molecular formula is C21H19NO5. The van der Waals surface area contributed by atoms with Gasteiger partial charge in [-0.2, -0.15) is 0 Å². The molecule has 0 fully saturated rings. The molecule has 0 radical (unpaired) electrons. The SMILES string of the molecule is CCOC(=O)c1c(Cc2ccccc2C(=O)OC)c2ccccc2[nH]c1=O. The second-order valence-corrected chi connectivity index (χ2v) is 5.90. The maximum absolute atomic E-state index is 12.6. The summed E-state index contributed by atoms with van der Waals surface area (Å²) in [6, 6.07) is 14.2. The number of aromatic nitrogens is 1. The van der Waals surface area contributed by atoms with Gasteiger partial charge in [-0.25, -0.2) is 9.59 Å².